The van der Waals surface area contributed by atoms with E-state index < -0.39 is 24.0 Å². The van der Waals surface area contributed by atoms with Crippen molar-refractivity contribution in [3.8, 4) is 0 Å². The van der Waals surface area contributed by atoms with Crippen LogP contribution in [0, 0.1) is 0 Å². The number of rotatable bonds is 20. The SMILES string of the molecule is C=CC(=O)OC(C)COC(=O)c1cccc(CCCCCCCC)c1C(=O)OCCCCCCCC. The minimum atomic E-state index is -0.632. The molecule has 0 heterocycles. The standard InChI is InChI=1S/C30H46O6/c1-5-8-10-12-14-16-19-25-20-18-21-26(29(32)35-23-24(4)36-27(31)7-3)28(25)30(33)34-22-17-15-13-11-9-6-2/h7,18,20-21,24H,3,5-6,8-17,19,22-23H2,1-2,4H3. The van der Waals surface area contributed by atoms with E-state index in [1.54, 1.807) is 19.1 Å². The van der Waals surface area contributed by atoms with E-state index in [0.29, 0.717) is 13.0 Å². The zero-order valence-corrected chi connectivity index (χ0v) is 22.6. The van der Waals surface area contributed by atoms with E-state index in [2.05, 4.69) is 20.4 Å². The van der Waals surface area contributed by atoms with Crippen molar-refractivity contribution in [3.63, 3.8) is 0 Å². The molecule has 0 amide bonds. The second kappa shape index (κ2) is 19.5. The molecule has 0 fully saturated rings. The van der Waals surface area contributed by atoms with Gasteiger partial charge in [-0.05, 0) is 37.8 Å². The molecule has 0 aliphatic heterocycles. The van der Waals surface area contributed by atoms with Crippen LogP contribution in [0.3, 0.4) is 0 Å². The molecule has 6 heteroatoms. The van der Waals surface area contributed by atoms with Gasteiger partial charge < -0.3 is 14.2 Å². The highest BCUT2D eigenvalue weighted by molar-refractivity contribution is 6.04. The largest absolute Gasteiger partial charge is 0.462 e. The lowest BCUT2D eigenvalue weighted by Crippen LogP contribution is -2.23. The van der Waals surface area contributed by atoms with Crippen LogP contribution < -0.4 is 0 Å². The van der Waals surface area contributed by atoms with Gasteiger partial charge in [0.2, 0.25) is 0 Å². The Hall–Kier alpha value is -2.63. The Bertz CT molecular complexity index is 801. The van der Waals surface area contributed by atoms with E-state index >= 15 is 0 Å². The summed E-state index contributed by atoms with van der Waals surface area (Å²) in [5.74, 6) is -1.70. The molecule has 0 bridgehead atoms. The molecule has 36 heavy (non-hydrogen) atoms. The molecule has 6 nitrogen and oxygen atoms in total. The zero-order chi connectivity index (χ0) is 26.6. The molecule has 1 atom stereocenters. The van der Waals surface area contributed by atoms with Gasteiger partial charge in [0.25, 0.3) is 0 Å². The van der Waals surface area contributed by atoms with Crippen molar-refractivity contribution in [2.45, 2.75) is 110 Å². The Kier molecular flexibility index (Phi) is 17.0. The molecular weight excluding hydrogens is 456 g/mol. The molecular formula is C30H46O6. The summed E-state index contributed by atoms with van der Waals surface area (Å²) in [7, 11) is 0. The Morgan fingerprint density at radius 2 is 1.44 bits per heavy atom. The molecule has 202 valence electrons. The van der Waals surface area contributed by atoms with Gasteiger partial charge in [-0.25, -0.2) is 14.4 Å². The van der Waals surface area contributed by atoms with Crippen molar-refractivity contribution < 1.29 is 28.6 Å². The molecule has 0 saturated heterocycles. The van der Waals surface area contributed by atoms with Gasteiger partial charge in [-0.15, -0.1) is 0 Å². The molecule has 0 aliphatic carbocycles. The fraction of sp³-hybridized carbons (Fsp3) is 0.633. The first-order chi connectivity index (χ1) is 17.4. The molecule has 1 unspecified atom stereocenters. The van der Waals surface area contributed by atoms with Crippen LogP contribution in [-0.4, -0.2) is 37.2 Å². The monoisotopic (exact) mass is 502 g/mol. The number of benzene rings is 1. The molecule has 0 saturated carbocycles. The summed E-state index contributed by atoms with van der Waals surface area (Å²) in [6.07, 6.45) is 14.5. The van der Waals surface area contributed by atoms with E-state index in [4.69, 9.17) is 14.2 Å². The van der Waals surface area contributed by atoms with Crippen molar-refractivity contribution in [1.82, 2.24) is 0 Å². The molecule has 0 spiro atoms. The van der Waals surface area contributed by atoms with Gasteiger partial charge >= 0.3 is 17.9 Å². The van der Waals surface area contributed by atoms with E-state index in [9.17, 15) is 14.4 Å². The van der Waals surface area contributed by atoms with E-state index in [-0.39, 0.29) is 17.7 Å². The highest BCUT2D eigenvalue weighted by Gasteiger charge is 2.24. The van der Waals surface area contributed by atoms with E-state index in [1.165, 1.54) is 38.5 Å². The van der Waals surface area contributed by atoms with Crippen LogP contribution in [0.5, 0.6) is 0 Å². The average Bonchev–Trinajstić information content (AvgIpc) is 2.88. The van der Waals surface area contributed by atoms with Gasteiger partial charge in [-0.2, -0.15) is 0 Å². The fourth-order valence-corrected chi connectivity index (χ4v) is 3.99. The van der Waals surface area contributed by atoms with Gasteiger partial charge in [0.1, 0.15) is 12.7 Å². The van der Waals surface area contributed by atoms with Crippen LogP contribution in [0.2, 0.25) is 0 Å². The van der Waals surface area contributed by atoms with Crippen LogP contribution in [-0.2, 0) is 25.4 Å². The van der Waals surface area contributed by atoms with Crippen LogP contribution >= 0.6 is 0 Å². The maximum absolute atomic E-state index is 13.1. The number of esters is 3. The molecule has 0 aromatic heterocycles. The Balaban J connectivity index is 2.85. The van der Waals surface area contributed by atoms with Crippen molar-refractivity contribution >= 4 is 17.9 Å². The minimum Gasteiger partial charge on any atom is -0.462 e. The number of hydrogen-bond acceptors (Lipinski definition) is 6. The molecule has 0 aliphatic rings. The molecule has 1 aromatic rings. The van der Waals surface area contributed by atoms with Crippen LogP contribution in [0.4, 0.5) is 0 Å². The smallest absolute Gasteiger partial charge is 0.339 e. The highest BCUT2D eigenvalue weighted by atomic mass is 16.6. The maximum atomic E-state index is 13.1. The summed E-state index contributed by atoms with van der Waals surface area (Å²) < 4.78 is 16.0. The first kappa shape index (κ1) is 31.4. The molecule has 1 rings (SSSR count). The number of aryl methyl sites for hydroxylation is 1. The Labute approximate surface area is 217 Å². The lowest BCUT2D eigenvalue weighted by molar-refractivity contribution is -0.144. The fourth-order valence-electron chi connectivity index (χ4n) is 3.99. The summed E-state index contributed by atoms with van der Waals surface area (Å²) in [6.45, 7) is 9.57. The quantitative estimate of drug-likeness (QED) is 0.0801. The molecule has 0 radical (unpaired) electrons. The first-order valence-electron chi connectivity index (χ1n) is 13.7. The molecule has 0 N–H and O–H groups in total. The van der Waals surface area contributed by atoms with Gasteiger partial charge in [0.15, 0.2) is 0 Å². The maximum Gasteiger partial charge on any atom is 0.339 e. The lowest BCUT2D eigenvalue weighted by atomic mass is 9.96. The lowest BCUT2D eigenvalue weighted by Gasteiger charge is -2.16. The van der Waals surface area contributed by atoms with Crippen molar-refractivity contribution in [3.05, 3.63) is 47.5 Å². The predicted molar refractivity (Wildman–Crippen MR) is 143 cm³/mol. The first-order valence-corrected chi connectivity index (χ1v) is 13.7. The third-order valence-electron chi connectivity index (χ3n) is 6.04. The number of ether oxygens (including phenoxy) is 3. The van der Waals surface area contributed by atoms with Crippen LogP contribution in [0.1, 0.15) is 124 Å². The van der Waals surface area contributed by atoms with Crippen LogP contribution in [0.25, 0.3) is 0 Å². The topological polar surface area (TPSA) is 78.9 Å². The second-order valence-electron chi connectivity index (χ2n) is 9.31. The normalized spacial score (nSPS) is 11.5. The zero-order valence-electron chi connectivity index (χ0n) is 22.6. The predicted octanol–water partition coefficient (Wildman–Crippen LogP) is 7.38. The third-order valence-corrected chi connectivity index (χ3v) is 6.04. The minimum absolute atomic E-state index is 0.119. The average molecular weight is 503 g/mol. The van der Waals surface area contributed by atoms with Crippen molar-refractivity contribution in [2.75, 3.05) is 13.2 Å². The van der Waals surface area contributed by atoms with Crippen molar-refractivity contribution in [2.24, 2.45) is 0 Å². The highest BCUT2D eigenvalue weighted by Crippen LogP contribution is 2.21. The van der Waals surface area contributed by atoms with Gasteiger partial charge in [-0.1, -0.05) is 96.8 Å². The summed E-state index contributed by atoms with van der Waals surface area (Å²) >= 11 is 0. The van der Waals surface area contributed by atoms with Gasteiger partial charge in [0, 0.05) is 6.08 Å². The Morgan fingerprint density at radius 1 is 0.833 bits per heavy atom. The van der Waals surface area contributed by atoms with Gasteiger partial charge in [-0.3, -0.25) is 0 Å². The Morgan fingerprint density at radius 3 is 2.08 bits per heavy atom. The van der Waals surface area contributed by atoms with Gasteiger partial charge in [0.05, 0.1) is 17.7 Å². The molecule has 1 aromatic carbocycles. The third kappa shape index (κ3) is 12.9. The summed E-state index contributed by atoms with van der Waals surface area (Å²) in [5, 5.41) is 0. The second-order valence-corrected chi connectivity index (χ2v) is 9.31. The van der Waals surface area contributed by atoms with Crippen LogP contribution in [0.15, 0.2) is 30.9 Å². The number of unbranched alkanes of at least 4 members (excludes halogenated alkanes) is 10. The van der Waals surface area contributed by atoms with E-state index in [0.717, 1.165) is 50.2 Å². The number of carbonyl (C=O) groups is 3. The number of hydrogen-bond donors (Lipinski definition) is 0. The summed E-state index contributed by atoms with van der Waals surface area (Å²) in [4.78, 5) is 37.4. The summed E-state index contributed by atoms with van der Waals surface area (Å²) in [6, 6.07) is 5.25. The van der Waals surface area contributed by atoms with E-state index in [1.807, 2.05) is 6.07 Å². The summed E-state index contributed by atoms with van der Waals surface area (Å²) in [5.41, 5.74) is 1.28. The number of carbonyl (C=O) groups excluding carboxylic acids is 3. The van der Waals surface area contributed by atoms with Crippen molar-refractivity contribution in [1.29, 1.82) is 0 Å².